The fourth-order valence-corrected chi connectivity index (χ4v) is 2.48. The highest BCUT2D eigenvalue weighted by Gasteiger charge is 2.24. The molecule has 1 heterocycles. The molecule has 0 bridgehead atoms. The maximum atomic E-state index is 10.9. The van der Waals surface area contributed by atoms with Gasteiger partial charge in [0, 0.05) is 22.3 Å². The average Bonchev–Trinajstić information content (AvgIpc) is 2.04. The Balaban J connectivity index is 2.44. The summed E-state index contributed by atoms with van der Waals surface area (Å²) < 4.78 is 10.9. The summed E-state index contributed by atoms with van der Waals surface area (Å²) in [5.41, 5.74) is 4.86. The number of carbonyl (C=O) groups excluding carboxylic acids is 1. The van der Waals surface area contributed by atoms with Gasteiger partial charge in [-0.15, -0.1) is 0 Å². The van der Waals surface area contributed by atoms with Gasteiger partial charge in [-0.3, -0.25) is 9.42 Å². The number of nitrogens with zero attached hydrogens (tertiary/aromatic N) is 1. The van der Waals surface area contributed by atoms with Crippen LogP contribution in [-0.2, 0) is 10.8 Å². The zero-order valence-corrected chi connectivity index (χ0v) is 7.42. The third-order valence-corrected chi connectivity index (χ3v) is 3.31. The third-order valence-electron chi connectivity index (χ3n) is 1.93. The van der Waals surface area contributed by atoms with E-state index in [0.29, 0.717) is 29.4 Å². The Bertz CT molecular complexity index is 199. The predicted octanol–water partition coefficient (Wildman–Crippen LogP) is -0.333. The molecule has 1 fully saturated rings. The molecule has 0 saturated carbocycles. The van der Waals surface area contributed by atoms with Crippen LogP contribution < -0.4 is 5.73 Å². The van der Waals surface area contributed by atoms with Crippen molar-refractivity contribution in [3.63, 3.8) is 0 Å². The van der Waals surface area contributed by atoms with Crippen molar-refractivity contribution in [1.29, 1.82) is 0 Å². The Morgan fingerprint density at radius 3 is 2.42 bits per heavy atom. The minimum absolute atomic E-state index is 0.250. The molecular formula is C6H12N2O3S. The quantitative estimate of drug-likeness (QED) is 0.440. The fourth-order valence-electron chi connectivity index (χ4n) is 1.21. The van der Waals surface area contributed by atoms with Crippen molar-refractivity contribution in [2.45, 2.75) is 18.9 Å². The minimum Gasteiger partial charge on any atom is -0.350 e. The summed E-state index contributed by atoms with van der Waals surface area (Å²) in [6, 6.07) is -1.09. The highest BCUT2D eigenvalue weighted by Crippen LogP contribution is 2.13. The van der Waals surface area contributed by atoms with E-state index in [4.69, 9.17) is 10.9 Å². The SMILES string of the molecule is NC(=O)N(O)C1CCS(=O)CC1. The van der Waals surface area contributed by atoms with E-state index in [1.54, 1.807) is 0 Å². The first-order chi connectivity index (χ1) is 5.61. The molecule has 0 aromatic heterocycles. The van der Waals surface area contributed by atoms with E-state index in [0.717, 1.165) is 0 Å². The molecular weight excluding hydrogens is 180 g/mol. The number of primary amides is 1. The molecule has 6 heteroatoms. The zero-order chi connectivity index (χ0) is 9.14. The third kappa shape index (κ3) is 2.18. The Morgan fingerprint density at radius 1 is 1.50 bits per heavy atom. The molecule has 0 aromatic carbocycles. The van der Waals surface area contributed by atoms with E-state index in [1.165, 1.54) is 0 Å². The van der Waals surface area contributed by atoms with Gasteiger partial charge in [0.05, 0.1) is 6.04 Å². The second-order valence-corrected chi connectivity index (χ2v) is 4.46. The molecule has 0 unspecified atom stereocenters. The topological polar surface area (TPSA) is 83.6 Å². The molecule has 0 atom stereocenters. The number of carbonyl (C=O) groups is 1. The van der Waals surface area contributed by atoms with Gasteiger partial charge in [0.25, 0.3) is 0 Å². The van der Waals surface area contributed by atoms with Gasteiger partial charge in [-0.2, -0.15) is 0 Å². The standard InChI is InChI=1S/C6H12N2O3S/c7-6(9)8(10)5-1-3-12(11)4-2-5/h5,10H,1-4H2,(H2,7,9). The van der Waals surface area contributed by atoms with E-state index in [1.807, 2.05) is 0 Å². The molecule has 70 valence electrons. The zero-order valence-electron chi connectivity index (χ0n) is 6.60. The van der Waals surface area contributed by atoms with E-state index < -0.39 is 16.8 Å². The first kappa shape index (κ1) is 9.47. The number of nitrogens with two attached hydrogens (primary N) is 1. The lowest BCUT2D eigenvalue weighted by molar-refractivity contribution is -0.0769. The Kier molecular flexibility index (Phi) is 3.05. The van der Waals surface area contributed by atoms with Crippen LogP contribution in [-0.4, -0.2) is 38.1 Å². The van der Waals surface area contributed by atoms with Crippen LogP contribution in [0.4, 0.5) is 4.79 Å². The molecule has 0 aliphatic carbocycles. The van der Waals surface area contributed by atoms with Crippen LogP contribution in [0, 0.1) is 0 Å². The molecule has 2 amide bonds. The van der Waals surface area contributed by atoms with Gasteiger partial charge in [0.2, 0.25) is 0 Å². The summed E-state index contributed by atoms with van der Waals surface area (Å²) in [6.07, 6.45) is 1.12. The first-order valence-corrected chi connectivity index (χ1v) is 5.22. The maximum Gasteiger partial charge on any atom is 0.338 e. The Morgan fingerprint density at radius 2 is 2.00 bits per heavy atom. The maximum absolute atomic E-state index is 10.9. The summed E-state index contributed by atoms with van der Waals surface area (Å²) in [7, 11) is -0.781. The van der Waals surface area contributed by atoms with Crippen molar-refractivity contribution in [1.82, 2.24) is 5.06 Å². The first-order valence-electron chi connectivity index (χ1n) is 3.74. The van der Waals surface area contributed by atoms with Crippen molar-refractivity contribution < 1.29 is 14.2 Å². The molecule has 1 aliphatic heterocycles. The molecule has 0 spiro atoms. The van der Waals surface area contributed by atoms with Crippen molar-refractivity contribution in [2.24, 2.45) is 5.73 Å². The average molecular weight is 192 g/mol. The molecule has 0 aromatic rings. The summed E-state index contributed by atoms with van der Waals surface area (Å²) >= 11 is 0. The number of rotatable bonds is 1. The summed E-state index contributed by atoms with van der Waals surface area (Å²) in [5, 5.41) is 9.64. The summed E-state index contributed by atoms with van der Waals surface area (Å²) in [5.74, 6) is 1.07. The highest BCUT2D eigenvalue weighted by molar-refractivity contribution is 7.85. The van der Waals surface area contributed by atoms with Crippen LogP contribution in [0.3, 0.4) is 0 Å². The second kappa shape index (κ2) is 3.86. The number of urea groups is 1. The number of amides is 2. The van der Waals surface area contributed by atoms with Gasteiger partial charge < -0.3 is 5.73 Å². The van der Waals surface area contributed by atoms with Crippen LogP contribution in [0.15, 0.2) is 0 Å². The van der Waals surface area contributed by atoms with Crippen LogP contribution in [0.2, 0.25) is 0 Å². The van der Waals surface area contributed by atoms with E-state index >= 15 is 0 Å². The molecule has 1 aliphatic rings. The van der Waals surface area contributed by atoms with E-state index in [-0.39, 0.29) is 6.04 Å². The van der Waals surface area contributed by atoms with Gasteiger partial charge >= 0.3 is 6.03 Å². The van der Waals surface area contributed by atoms with Crippen LogP contribution in [0.1, 0.15) is 12.8 Å². The Labute approximate surface area is 72.9 Å². The molecule has 1 saturated heterocycles. The predicted molar refractivity (Wildman–Crippen MR) is 44.1 cm³/mol. The number of hydrogen-bond donors (Lipinski definition) is 2. The van der Waals surface area contributed by atoms with E-state index in [9.17, 15) is 9.00 Å². The van der Waals surface area contributed by atoms with E-state index in [2.05, 4.69) is 0 Å². The molecule has 3 N–H and O–H groups in total. The van der Waals surface area contributed by atoms with Crippen LogP contribution in [0.25, 0.3) is 0 Å². The van der Waals surface area contributed by atoms with Crippen molar-refractivity contribution in [2.75, 3.05) is 11.5 Å². The van der Waals surface area contributed by atoms with Gasteiger partial charge in [-0.05, 0) is 12.8 Å². The largest absolute Gasteiger partial charge is 0.350 e. The number of hydrogen-bond acceptors (Lipinski definition) is 3. The van der Waals surface area contributed by atoms with Crippen molar-refractivity contribution >= 4 is 16.8 Å². The lowest BCUT2D eigenvalue weighted by Gasteiger charge is -2.27. The molecule has 1 rings (SSSR count). The molecule has 12 heavy (non-hydrogen) atoms. The fraction of sp³-hybridized carbons (Fsp3) is 0.833. The van der Waals surface area contributed by atoms with Gasteiger partial charge in [-0.1, -0.05) is 0 Å². The lowest BCUT2D eigenvalue weighted by Crippen LogP contribution is -2.44. The van der Waals surface area contributed by atoms with Crippen molar-refractivity contribution in [3.8, 4) is 0 Å². The van der Waals surface area contributed by atoms with Crippen LogP contribution in [0.5, 0.6) is 0 Å². The Hall–Kier alpha value is -0.620. The lowest BCUT2D eigenvalue weighted by atomic mass is 10.1. The number of hydroxylamine groups is 2. The second-order valence-electron chi connectivity index (χ2n) is 2.76. The van der Waals surface area contributed by atoms with Gasteiger partial charge in [0.1, 0.15) is 0 Å². The van der Waals surface area contributed by atoms with Gasteiger partial charge in [0.15, 0.2) is 0 Å². The van der Waals surface area contributed by atoms with Crippen LogP contribution >= 0.6 is 0 Å². The minimum atomic E-state index is -0.840. The highest BCUT2D eigenvalue weighted by atomic mass is 32.2. The summed E-state index contributed by atoms with van der Waals surface area (Å²) in [6.45, 7) is 0. The molecule has 5 nitrogen and oxygen atoms in total. The smallest absolute Gasteiger partial charge is 0.338 e. The normalized spacial score (nSPS) is 29.8. The van der Waals surface area contributed by atoms with Gasteiger partial charge in [-0.25, -0.2) is 9.86 Å². The monoisotopic (exact) mass is 192 g/mol. The molecule has 0 radical (unpaired) electrons. The van der Waals surface area contributed by atoms with Crippen molar-refractivity contribution in [3.05, 3.63) is 0 Å². The summed E-state index contributed by atoms with van der Waals surface area (Å²) in [4.78, 5) is 10.5.